The van der Waals surface area contributed by atoms with Crippen LogP contribution in [0.15, 0.2) is 210 Å². The Morgan fingerprint density at radius 2 is 0.760 bits per heavy atom. The van der Waals surface area contributed by atoms with Crippen molar-refractivity contribution in [3.8, 4) is 23.0 Å². The first-order valence-electron chi connectivity index (χ1n) is 34.7. The monoisotopic (exact) mass is 1440 g/mol. The van der Waals surface area contributed by atoms with Crippen LogP contribution in [-0.2, 0) is 29.9 Å². The van der Waals surface area contributed by atoms with Crippen molar-refractivity contribution >= 4 is 86.7 Å². The average molecular weight is 1440 g/mol. The van der Waals surface area contributed by atoms with Crippen LogP contribution in [0.25, 0.3) is 65.2 Å². The van der Waals surface area contributed by atoms with Gasteiger partial charge in [-0.3, -0.25) is 14.4 Å². The van der Waals surface area contributed by atoms with Crippen LogP contribution in [0.3, 0.4) is 0 Å². The molecule has 0 amide bonds. The molecule has 0 bridgehead atoms. The van der Waals surface area contributed by atoms with Gasteiger partial charge in [0.05, 0.1) is 22.1 Å². The molecule has 0 aliphatic rings. The molecule has 18 nitrogen and oxygen atoms in total. The molecule has 22 heteroatoms. The van der Waals surface area contributed by atoms with Gasteiger partial charge in [-0.1, -0.05) is 169 Å². The summed E-state index contributed by atoms with van der Waals surface area (Å²) in [5.41, 5.74) is 3.79. The summed E-state index contributed by atoms with van der Waals surface area (Å²) in [6, 6.07) is 55.8. The lowest BCUT2D eigenvalue weighted by Gasteiger charge is -2.15. The third-order valence-electron chi connectivity index (χ3n) is 16.9. The standard InChI is InChI=1S/2C27H29NO4.C24H19F3O6S.C4H11NO/c2*1-18(2)25-16-24(30)27-23(28-12-5-6-13-29)14-21(15-26(27)32-25)31-17-20-10-7-9-19-8-3-4-11-22(19)20;1-14(2)20-12-19(28)23-21(32-20)10-17(11-22(23)33-34(29,30)24(25,26)27)31-13-16-8-5-7-15-6-3-4-9-18(15)16;5-3-1-2-4-6/h2*3-4,7-11,14-16,18,28-29H,5-6,12-13,17H2,1-2H3;3-12,14H,13H2,1-2H3;6H,1-5H2. The number of nitrogens with one attached hydrogen (secondary N) is 2. The average Bonchev–Trinajstić information content (AvgIpc) is 0.775. The zero-order valence-electron chi connectivity index (χ0n) is 59.0. The normalized spacial score (nSPS) is 11.6. The molecule has 0 saturated carbocycles. The Hall–Kier alpha value is -10.2. The summed E-state index contributed by atoms with van der Waals surface area (Å²) in [6.45, 7) is 14.9. The van der Waals surface area contributed by atoms with E-state index in [0.717, 1.165) is 76.1 Å². The number of anilines is 2. The number of nitrogens with two attached hydrogens (primary N) is 1. The van der Waals surface area contributed by atoms with Crippen molar-refractivity contribution in [1.82, 2.24) is 0 Å². The number of halogens is 3. The molecule has 0 fully saturated rings. The van der Waals surface area contributed by atoms with Crippen LogP contribution in [0.4, 0.5) is 24.5 Å². The molecule has 9 aromatic carbocycles. The van der Waals surface area contributed by atoms with E-state index in [-0.39, 0.29) is 72.1 Å². The van der Waals surface area contributed by atoms with Crippen molar-refractivity contribution in [2.75, 3.05) is 50.1 Å². The molecular formula is C82H88F3N3O15S. The Morgan fingerprint density at radius 3 is 1.10 bits per heavy atom. The second-order valence-electron chi connectivity index (χ2n) is 25.7. The maximum absolute atomic E-state index is 13.0. The van der Waals surface area contributed by atoms with Gasteiger partial charge in [-0.15, -0.1) is 0 Å². The number of hydrogen-bond acceptors (Lipinski definition) is 18. The largest absolute Gasteiger partial charge is 0.534 e. The van der Waals surface area contributed by atoms with Gasteiger partial charge >= 0.3 is 15.6 Å². The number of aliphatic hydroxyl groups excluding tert-OH is 3. The number of ether oxygens (including phenoxy) is 3. The first-order valence-corrected chi connectivity index (χ1v) is 36.1. The minimum Gasteiger partial charge on any atom is -0.489 e. The maximum Gasteiger partial charge on any atom is 0.534 e. The second kappa shape index (κ2) is 36.8. The van der Waals surface area contributed by atoms with Gasteiger partial charge in [-0.2, -0.15) is 21.6 Å². The van der Waals surface area contributed by atoms with Crippen LogP contribution < -0.4 is 51.0 Å². The highest BCUT2D eigenvalue weighted by Gasteiger charge is 2.49. The molecule has 0 spiro atoms. The highest BCUT2D eigenvalue weighted by Crippen LogP contribution is 2.37. The molecule has 0 aliphatic carbocycles. The van der Waals surface area contributed by atoms with Crippen LogP contribution >= 0.6 is 0 Å². The number of alkyl halides is 3. The number of aliphatic hydroxyl groups is 3. The Morgan fingerprint density at radius 1 is 0.433 bits per heavy atom. The molecule has 12 rings (SSSR count). The van der Waals surface area contributed by atoms with Crippen LogP contribution in [0.2, 0.25) is 0 Å². The summed E-state index contributed by atoms with van der Waals surface area (Å²) in [5, 5.41) is 40.0. The molecule has 0 atom stereocenters. The van der Waals surface area contributed by atoms with Crippen LogP contribution in [0.1, 0.15) is 132 Å². The third kappa shape index (κ3) is 20.3. The maximum atomic E-state index is 13.0. The van der Waals surface area contributed by atoms with Gasteiger partial charge in [0.2, 0.25) is 0 Å². The summed E-state index contributed by atoms with van der Waals surface area (Å²) < 4.78 is 102. The van der Waals surface area contributed by atoms with Gasteiger partial charge in [0.25, 0.3) is 0 Å². The topological polar surface area (TPSA) is 272 Å². The molecule has 0 saturated heterocycles. The van der Waals surface area contributed by atoms with Crippen LogP contribution in [0.5, 0.6) is 23.0 Å². The predicted octanol–water partition coefficient (Wildman–Crippen LogP) is 17.3. The second-order valence-corrected chi connectivity index (χ2v) is 27.2. The van der Waals surface area contributed by atoms with E-state index in [0.29, 0.717) is 102 Å². The first kappa shape index (κ1) is 77.9. The van der Waals surface area contributed by atoms with E-state index < -0.39 is 32.2 Å². The van der Waals surface area contributed by atoms with Crippen LogP contribution in [-0.4, -0.2) is 68.7 Å². The van der Waals surface area contributed by atoms with Crippen molar-refractivity contribution in [3.05, 3.63) is 247 Å². The van der Waals surface area contributed by atoms with Gasteiger partial charge in [-0.05, 0) is 94.1 Å². The number of rotatable bonds is 27. The Balaban J connectivity index is 0.000000174. The van der Waals surface area contributed by atoms with Crippen molar-refractivity contribution in [2.45, 2.75) is 123 Å². The van der Waals surface area contributed by atoms with Gasteiger partial charge in [-0.25, -0.2) is 0 Å². The molecule has 0 radical (unpaired) electrons. The highest BCUT2D eigenvalue weighted by atomic mass is 32.2. The summed E-state index contributed by atoms with van der Waals surface area (Å²) in [4.78, 5) is 38.4. The predicted molar refractivity (Wildman–Crippen MR) is 405 cm³/mol. The fraction of sp³-hybridized carbons (Fsp3) is 0.305. The summed E-state index contributed by atoms with van der Waals surface area (Å²) in [7, 11) is -6.03. The quantitative estimate of drug-likeness (QED) is 0.0159. The summed E-state index contributed by atoms with van der Waals surface area (Å²) >= 11 is 0. The lowest BCUT2D eigenvalue weighted by molar-refractivity contribution is -0.0499. The molecule has 12 aromatic rings. The van der Waals surface area contributed by atoms with E-state index >= 15 is 0 Å². The Labute approximate surface area is 600 Å². The van der Waals surface area contributed by atoms with Crippen molar-refractivity contribution < 1.29 is 68.6 Å². The van der Waals surface area contributed by atoms with Crippen molar-refractivity contribution in [1.29, 1.82) is 0 Å². The molecule has 3 aromatic heterocycles. The molecular weight excluding hydrogens is 1360 g/mol. The minimum atomic E-state index is -6.03. The van der Waals surface area contributed by atoms with E-state index in [9.17, 15) is 36.0 Å². The van der Waals surface area contributed by atoms with E-state index in [4.69, 9.17) is 48.5 Å². The lowest BCUT2D eigenvalue weighted by atomic mass is 10.1. The Kier molecular flexibility index (Phi) is 27.5. The third-order valence-corrected chi connectivity index (χ3v) is 17.8. The SMILES string of the molecule is CC(C)c1cc(=O)c2c(NCCCCO)cc(OCc3cccc4ccccc34)cc2o1.CC(C)c1cc(=O)c2c(NCCCCO)cc(OCc3cccc4ccccc34)cc2o1.CC(C)c1cc(=O)c2c(OS(=O)(=O)C(F)(F)F)cc(OCc3cccc4ccccc34)cc2o1.NCCCCO. The minimum absolute atomic E-state index is 0.0203. The van der Waals surface area contributed by atoms with Gasteiger partial charge in [0, 0.05) is 105 Å². The zero-order valence-corrected chi connectivity index (χ0v) is 59.8. The lowest BCUT2D eigenvalue weighted by Crippen LogP contribution is -2.28. The summed E-state index contributed by atoms with van der Waals surface area (Å²) in [5.74, 6) is 2.00. The molecule has 548 valence electrons. The van der Waals surface area contributed by atoms with Gasteiger partial charge < -0.3 is 63.3 Å². The van der Waals surface area contributed by atoms with Gasteiger partial charge in [0.15, 0.2) is 22.0 Å². The molecule has 0 aliphatic heterocycles. The molecule has 104 heavy (non-hydrogen) atoms. The van der Waals surface area contributed by atoms with E-state index in [1.165, 1.54) is 16.8 Å². The number of benzene rings is 9. The van der Waals surface area contributed by atoms with E-state index in [2.05, 4.69) is 63.3 Å². The van der Waals surface area contributed by atoms with E-state index in [1.807, 2.05) is 119 Å². The molecule has 7 N–H and O–H groups in total. The first-order chi connectivity index (χ1) is 50.0. The van der Waals surface area contributed by atoms with Crippen LogP contribution in [0, 0.1) is 0 Å². The Bertz CT molecular complexity index is 4970. The van der Waals surface area contributed by atoms with Crippen molar-refractivity contribution in [2.24, 2.45) is 5.73 Å². The van der Waals surface area contributed by atoms with Crippen molar-refractivity contribution in [3.63, 3.8) is 0 Å². The fourth-order valence-electron chi connectivity index (χ4n) is 11.3. The molecule has 0 unspecified atom stereocenters. The zero-order chi connectivity index (χ0) is 74.5. The summed E-state index contributed by atoms with van der Waals surface area (Å²) in [6.07, 6.45) is 4.79. The van der Waals surface area contributed by atoms with Gasteiger partial charge in [0.1, 0.15) is 76.5 Å². The number of hydrogen-bond donors (Lipinski definition) is 6. The number of unbranched alkanes of at least 4 members (excludes halogenated alkanes) is 3. The number of fused-ring (bicyclic) bond motifs is 6. The fourth-order valence-corrected chi connectivity index (χ4v) is 11.8. The smallest absolute Gasteiger partial charge is 0.489 e. The highest BCUT2D eigenvalue weighted by molar-refractivity contribution is 7.88. The molecule has 3 heterocycles. The van der Waals surface area contributed by atoms with E-state index in [1.54, 1.807) is 38.1 Å².